The zero-order valence-electron chi connectivity index (χ0n) is 11.9. The van der Waals surface area contributed by atoms with Crippen LogP contribution >= 0.6 is 0 Å². The molecule has 1 saturated heterocycles. The maximum atomic E-state index is 3.59. The van der Waals surface area contributed by atoms with E-state index in [1.165, 1.54) is 51.6 Å². The van der Waals surface area contributed by atoms with Crippen LogP contribution in [0.3, 0.4) is 0 Å². The van der Waals surface area contributed by atoms with Crippen molar-refractivity contribution in [2.24, 2.45) is 11.8 Å². The first-order valence-corrected chi connectivity index (χ1v) is 7.63. The molecule has 0 spiro atoms. The van der Waals surface area contributed by atoms with Gasteiger partial charge in [0, 0.05) is 12.1 Å². The summed E-state index contributed by atoms with van der Waals surface area (Å²) in [6, 6.07) is 1.50. The summed E-state index contributed by atoms with van der Waals surface area (Å²) < 4.78 is 0. The van der Waals surface area contributed by atoms with Crippen molar-refractivity contribution in [3.8, 4) is 0 Å². The molecule has 0 bridgehead atoms. The van der Waals surface area contributed by atoms with Crippen LogP contribution in [0.5, 0.6) is 0 Å². The van der Waals surface area contributed by atoms with Crippen LogP contribution in [-0.4, -0.2) is 37.1 Å². The van der Waals surface area contributed by atoms with Gasteiger partial charge in [-0.2, -0.15) is 0 Å². The second-order valence-corrected chi connectivity index (χ2v) is 6.39. The van der Waals surface area contributed by atoms with Crippen molar-refractivity contribution in [2.45, 2.75) is 64.5 Å². The molecule has 0 aromatic rings. The van der Waals surface area contributed by atoms with Gasteiger partial charge in [0.25, 0.3) is 0 Å². The van der Waals surface area contributed by atoms with Crippen molar-refractivity contribution in [1.29, 1.82) is 0 Å². The summed E-state index contributed by atoms with van der Waals surface area (Å²) in [7, 11) is 2.15. The molecule has 0 aromatic carbocycles. The lowest BCUT2D eigenvalue weighted by atomic mass is 9.76. The Morgan fingerprint density at radius 1 is 0.941 bits per heavy atom. The Balaban J connectivity index is 2.04. The van der Waals surface area contributed by atoms with Crippen LogP contribution in [0.25, 0.3) is 0 Å². The molecule has 2 aliphatic rings. The molecule has 1 saturated carbocycles. The molecule has 0 amide bonds. The molecular weight excluding hydrogens is 208 g/mol. The number of likely N-dealkylation sites (tertiary alicyclic amines) is 1. The van der Waals surface area contributed by atoms with Crippen LogP contribution in [0.1, 0.15) is 52.4 Å². The first-order valence-electron chi connectivity index (χ1n) is 7.63. The van der Waals surface area contributed by atoms with Crippen molar-refractivity contribution >= 4 is 0 Å². The second-order valence-electron chi connectivity index (χ2n) is 6.39. The van der Waals surface area contributed by atoms with Gasteiger partial charge in [0.15, 0.2) is 0 Å². The monoisotopic (exact) mass is 238 g/mol. The van der Waals surface area contributed by atoms with Gasteiger partial charge in [-0.1, -0.05) is 26.7 Å². The highest BCUT2D eigenvalue weighted by Crippen LogP contribution is 2.33. The fourth-order valence-electron chi connectivity index (χ4n) is 4.14. The predicted octanol–water partition coefficient (Wildman–Crippen LogP) is 2.89. The molecular formula is C15H30N2. The summed E-state index contributed by atoms with van der Waals surface area (Å²) in [6.07, 6.45) is 8.49. The van der Waals surface area contributed by atoms with Crippen molar-refractivity contribution in [2.75, 3.05) is 20.1 Å². The third-order valence-electron chi connectivity index (χ3n) is 4.86. The second kappa shape index (κ2) is 6.19. The largest absolute Gasteiger partial charge is 0.315 e. The van der Waals surface area contributed by atoms with Gasteiger partial charge in [0.1, 0.15) is 0 Å². The van der Waals surface area contributed by atoms with Crippen LogP contribution in [0.15, 0.2) is 0 Å². The summed E-state index contributed by atoms with van der Waals surface area (Å²) in [5.74, 6) is 1.75. The Bertz CT molecular complexity index is 221. The molecule has 2 heteroatoms. The fourth-order valence-corrected chi connectivity index (χ4v) is 4.14. The van der Waals surface area contributed by atoms with Gasteiger partial charge in [-0.25, -0.2) is 0 Å². The standard InChI is InChI=1S/C15H30N2/c1-12-10-13(2)15(14(11-12)16-3)17-8-6-4-5-7-9-17/h12-16H,4-11H2,1-3H3. The van der Waals surface area contributed by atoms with Crippen LogP contribution < -0.4 is 5.32 Å². The van der Waals surface area contributed by atoms with Crippen molar-refractivity contribution < 1.29 is 0 Å². The molecule has 17 heavy (non-hydrogen) atoms. The van der Waals surface area contributed by atoms with E-state index in [4.69, 9.17) is 0 Å². The van der Waals surface area contributed by atoms with E-state index in [2.05, 4.69) is 31.1 Å². The van der Waals surface area contributed by atoms with Crippen molar-refractivity contribution in [3.05, 3.63) is 0 Å². The number of nitrogens with zero attached hydrogens (tertiary/aromatic N) is 1. The van der Waals surface area contributed by atoms with Gasteiger partial charge in [-0.05, 0) is 57.7 Å². The third-order valence-corrected chi connectivity index (χ3v) is 4.86. The Kier molecular flexibility index (Phi) is 4.87. The molecule has 1 aliphatic heterocycles. The zero-order valence-corrected chi connectivity index (χ0v) is 11.9. The van der Waals surface area contributed by atoms with E-state index >= 15 is 0 Å². The molecule has 2 fully saturated rings. The molecule has 2 nitrogen and oxygen atoms in total. The van der Waals surface area contributed by atoms with Gasteiger partial charge in [-0.15, -0.1) is 0 Å². The van der Waals surface area contributed by atoms with Gasteiger partial charge < -0.3 is 5.32 Å². The van der Waals surface area contributed by atoms with Crippen LogP contribution in [0.2, 0.25) is 0 Å². The van der Waals surface area contributed by atoms with Crippen molar-refractivity contribution in [3.63, 3.8) is 0 Å². The fraction of sp³-hybridized carbons (Fsp3) is 1.00. The molecule has 2 rings (SSSR count). The predicted molar refractivity (Wildman–Crippen MR) is 74.2 cm³/mol. The highest BCUT2D eigenvalue weighted by Gasteiger charge is 2.36. The maximum Gasteiger partial charge on any atom is 0.0274 e. The lowest BCUT2D eigenvalue weighted by Gasteiger charge is -2.45. The van der Waals surface area contributed by atoms with Crippen LogP contribution in [-0.2, 0) is 0 Å². The van der Waals surface area contributed by atoms with E-state index in [9.17, 15) is 0 Å². The smallest absolute Gasteiger partial charge is 0.0274 e. The van der Waals surface area contributed by atoms with E-state index in [1.807, 2.05) is 0 Å². The Labute approximate surface area is 107 Å². The number of nitrogens with one attached hydrogen (secondary N) is 1. The zero-order chi connectivity index (χ0) is 12.3. The van der Waals surface area contributed by atoms with Crippen LogP contribution in [0, 0.1) is 11.8 Å². The first-order chi connectivity index (χ1) is 8.22. The molecule has 1 N–H and O–H groups in total. The number of hydrogen-bond acceptors (Lipinski definition) is 2. The van der Waals surface area contributed by atoms with Crippen molar-refractivity contribution in [1.82, 2.24) is 10.2 Å². The van der Waals surface area contributed by atoms with E-state index in [-0.39, 0.29) is 0 Å². The van der Waals surface area contributed by atoms with E-state index < -0.39 is 0 Å². The lowest BCUT2D eigenvalue weighted by molar-refractivity contribution is 0.0666. The quantitative estimate of drug-likeness (QED) is 0.796. The third kappa shape index (κ3) is 3.23. The molecule has 4 unspecified atom stereocenters. The SMILES string of the molecule is CNC1CC(C)CC(C)C1N1CCCCCC1. The minimum atomic E-state index is 0.715. The van der Waals surface area contributed by atoms with Gasteiger partial charge >= 0.3 is 0 Å². The van der Waals surface area contributed by atoms with E-state index in [1.54, 1.807) is 0 Å². The highest BCUT2D eigenvalue weighted by atomic mass is 15.2. The maximum absolute atomic E-state index is 3.59. The topological polar surface area (TPSA) is 15.3 Å². The summed E-state index contributed by atoms with van der Waals surface area (Å²) >= 11 is 0. The van der Waals surface area contributed by atoms with E-state index in [0.717, 1.165) is 17.9 Å². The minimum absolute atomic E-state index is 0.715. The number of likely N-dealkylation sites (N-methyl/N-ethyl adjacent to an activating group) is 1. The van der Waals surface area contributed by atoms with E-state index in [0.29, 0.717) is 6.04 Å². The summed E-state index contributed by atoms with van der Waals surface area (Å²) in [5.41, 5.74) is 0. The Morgan fingerprint density at radius 3 is 2.18 bits per heavy atom. The number of rotatable bonds is 2. The minimum Gasteiger partial charge on any atom is -0.315 e. The molecule has 0 radical (unpaired) electrons. The number of hydrogen-bond donors (Lipinski definition) is 1. The summed E-state index contributed by atoms with van der Waals surface area (Å²) in [6.45, 7) is 7.55. The average Bonchev–Trinajstić information content (AvgIpc) is 2.56. The first kappa shape index (κ1) is 13.4. The molecule has 4 atom stereocenters. The van der Waals surface area contributed by atoms with Gasteiger partial charge in [0.2, 0.25) is 0 Å². The van der Waals surface area contributed by atoms with Gasteiger partial charge in [-0.3, -0.25) is 4.90 Å². The Hall–Kier alpha value is -0.0800. The summed E-state index contributed by atoms with van der Waals surface area (Å²) in [5, 5.41) is 3.59. The normalized spacial score (nSPS) is 41.1. The lowest BCUT2D eigenvalue weighted by Crippen LogP contribution is -2.56. The average molecular weight is 238 g/mol. The molecule has 1 heterocycles. The van der Waals surface area contributed by atoms with Crippen LogP contribution in [0.4, 0.5) is 0 Å². The Morgan fingerprint density at radius 2 is 1.59 bits per heavy atom. The highest BCUT2D eigenvalue weighted by molar-refractivity contribution is 4.93. The summed E-state index contributed by atoms with van der Waals surface area (Å²) in [4.78, 5) is 2.80. The molecule has 100 valence electrons. The molecule has 0 aromatic heterocycles. The molecule has 1 aliphatic carbocycles. The van der Waals surface area contributed by atoms with Gasteiger partial charge in [0.05, 0.1) is 0 Å².